The summed E-state index contributed by atoms with van der Waals surface area (Å²) in [5, 5.41) is 12.6. The molecule has 21 heavy (non-hydrogen) atoms. The number of aromatic nitrogens is 1. The molecule has 3 nitrogen and oxygen atoms in total. The highest BCUT2D eigenvalue weighted by Gasteiger charge is 2.30. The maximum atomic E-state index is 10.6. The number of hydrogen-bond donors (Lipinski definition) is 2. The number of aliphatic hydroxyl groups excluding tert-OH is 1. The average Bonchev–Trinajstić information content (AvgIpc) is 2.96. The summed E-state index contributed by atoms with van der Waals surface area (Å²) in [5.41, 5.74) is 11.0. The van der Waals surface area contributed by atoms with Crippen LogP contribution in [0, 0.1) is 0 Å². The number of nitrogens with zero attached hydrogens (tertiary/aromatic N) is 1. The Hall–Kier alpha value is -1.91. The number of nitrogen functional groups attached to an aromatic ring is 1. The molecule has 0 aliphatic heterocycles. The number of benzene rings is 1. The number of pyridine rings is 1. The maximum absolute atomic E-state index is 10.6. The van der Waals surface area contributed by atoms with Gasteiger partial charge in [-0.15, -0.1) is 11.3 Å². The first-order valence-corrected chi connectivity index (χ1v) is 8.00. The quantitative estimate of drug-likeness (QED) is 0.720. The van der Waals surface area contributed by atoms with Crippen molar-refractivity contribution in [3.63, 3.8) is 0 Å². The highest BCUT2D eigenvalue weighted by molar-refractivity contribution is 7.17. The number of anilines is 1. The van der Waals surface area contributed by atoms with Crippen LogP contribution >= 0.6 is 11.3 Å². The Labute approximate surface area is 127 Å². The van der Waals surface area contributed by atoms with Crippen molar-refractivity contribution in [3.8, 4) is 0 Å². The predicted molar refractivity (Wildman–Crippen MR) is 86.5 cm³/mol. The summed E-state index contributed by atoms with van der Waals surface area (Å²) in [5.74, 6) is 0.302. The van der Waals surface area contributed by atoms with Crippen LogP contribution in [-0.4, -0.2) is 10.1 Å². The summed E-state index contributed by atoms with van der Waals surface area (Å²) in [4.78, 5) is 4.73. The third-order valence-electron chi connectivity index (χ3n) is 4.30. The van der Waals surface area contributed by atoms with Gasteiger partial charge < -0.3 is 10.8 Å². The minimum absolute atomic E-state index is 0.302. The van der Waals surface area contributed by atoms with Gasteiger partial charge in [0.15, 0.2) is 0 Å². The van der Waals surface area contributed by atoms with Gasteiger partial charge in [0.2, 0.25) is 0 Å². The zero-order valence-corrected chi connectivity index (χ0v) is 12.3. The molecular weight excluding hydrogens is 280 g/mol. The third-order valence-corrected chi connectivity index (χ3v) is 5.23. The first-order chi connectivity index (χ1) is 10.2. The lowest BCUT2D eigenvalue weighted by atomic mass is 9.80. The fourth-order valence-corrected chi connectivity index (χ4v) is 4.09. The number of aliphatic hydroxyl groups is 1. The SMILES string of the molecule is Nc1c2c(nc3ccsc13)C[C@H](c1ccccc1)C[C@@H]2O. The predicted octanol–water partition coefficient (Wildman–Crippen LogP) is 3.64. The van der Waals surface area contributed by atoms with Gasteiger partial charge in [0.05, 0.1) is 22.0 Å². The molecule has 0 fully saturated rings. The number of fused-ring (bicyclic) bond motifs is 2. The molecule has 3 N–H and O–H groups in total. The van der Waals surface area contributed by atoms with Crippen molar-refractivity contribution < 1.29 is 5.11 Å². The molecule has 2 heterocycles. The zero-order chi connectivity index (χ0) is 14.4. The third kappa shape index (κ3) is 2.03. The van der Waals surface area contributed by atoms with Gasteiger partial charge in [-0.05, 0) is 35.8 Å². The lowest BCUT2D eigenvalue weighted by Crippen LogP contribution is -2.20. The Balaban J connectivity index is 1.83. The Bertz CT molecular complexity index is 797. The van der Waals surface area contributed by atoms with E-state index in [2.05, 4.69) is 12.1 Å². The second-order valence-corrected chi connectivity index (χ2v) is 6.50. The summed E-state index contributed by atoms with van der Waals surface area (Å²) in [6.07, 6.45) is 1.02. The van der Waals surface area contributed by atoms with Gasteiger partial charge in [-0.2, -0.15) is 0 Å². The van der Waals surface area contributed by atoms with Crippen LogP contribution < -0.4 is 5.73 Å². The first kappa shape index (κ1) is 12.8. The average molecular weight is 296 g/mol. The van der Waals surface area contributed by atoms with Gasteiger partial charge in [0.25, 0.3) is 0 Å². The molecule has 0 bridgehead atoms. The van der Waals surface area contributed by atoms with E-state index in [4.69, 9.17) is 10.7 Å². The van der Waals surface area contributed by atoms with Crippen molar-refractivity contribution in [1.29, 1.82) is 0 Å². The molecule has 3 aromatic rings. The summed E-state index contributed by atoms with van der Waals surface area (Å²) < 4.78 is 0.992. The van der Waals surface area contributed by atoms with Gasteiger partial charge in [-0.1, -0.05) is 30.3 Å². The molecule has 4 rings (SSSR count). The van der Waals surface area contributed by atoms with Gasteiger partial charge in [0.1, 0.15) is 0 Å². The summed E-state index contributed by atoms with van der Waals surface area (Å²) in [6, 6.07) is 12.3. The number of rotatable bonds is 1. The second-order valence-electron chi connectivity index (χ2n) is 5.58. The van der Waals surface area contributed by atoms with E-state index in [-0.39, 0.29) is 0 Å². The van der Waals surface area contributed by atoms with Crippen LogP contribution in [0.25, 0.3) is 10.2 Å². The highest BCUT2D eigenvalue weighted by atomic mass is 32.1. The van der Waals surface area contributed by atoms with Gasteiger partial charge in [0, 0.05) is 11.3 Å². The van der Waals surface area contributed by atoms with E-state index in [0.717, 1.165) is 27.9 Å². The van der Waals surface area contributed by atoms with Crippen molar-refractivity contribution in [2.75, 3.05) is 5.73 Å². The van der Waals surface area contributed by atoms with Crippen LogP contribution in [0.3, 0.4) is 0 Å². The molecule has 1 aliphatic carbocycles. The fraction of sp³-hybridized carbons (Fsp3) is 0.235. The van der Waals surface area contributed by atoms with E-state index in [9.17, 15) is 5.11 Å². The highest BCUT2D eigenvalue weighted by Crippen LogP contribution is 2.43. The molecule has 0 saturated heterocycles. The molecule has 1 aromatic carbocycles. The Morgan fingerprint density at radius 3 is 2.81 bits per heavy atom. The van der Waals surface area contributed by atoms with Crippen molar-refractivity contribution in [2.45, 2.75) is 24.9 Å². The van der Waals surface area contributed by atoms with E-state index >= 15 is 0 Å². The monoisotopic (exact) mass is 296 g/mol. The molecule has 2 aromatic heterocycles. The smallest absolute Gasteiger partial charge is 0.0834 e. The van der Waals surface area contributed by atoms with Crippen LogP contribution in [0.15, 0.2) is 41.8 Å². The minimum atomic E-state index is -0.530. The van der Waals surface area contributed by atoms with Gasteiger partial charge in [-0.3, -0.25) is 4.98 Å². The van der Waals surface area contributed by atoms with Crippen LogP contribution in [-0.2, 0) is 6.42 Å². The largest absolute Gasteiger partial charge is 0.397 e. The van der Waals surface area contributed by atoms with Crippen LogP contribution in [0.5, 0.6) is 0 Å². The molecule has 0 spiro atoms. The van der Waals surface area contributed by atoms with E-state index in [0.29, 0.717) is 18.0 Å². The molecule has 4 heteroatoms. The van der Waals surface area contributed by atoms with E-state index in [1.807, 2.05) is 29.6 Å². The molecule has 106 valence electrons. The fourth-order valence-electron chi connectivity index (χ4n) is 3.29. The lowest BCUT2D eigenvalue weighted by molar-refractivity contribution is 0.147. The maximum Gasteiger partial charge on any atom is 0.0834 e. The van der Waals surface area contributed by atoms with E-state index in [1.165, 1.54) is 5.56 Å². The molecule has 0 amide bonds. The number of thiophene rings is 1. The molecule has 0 saturated carbocycles. The van der Waals surface area contributed by atoms with Crippen LogP contribution in [0.2, 0.25) is 0 Å². The second kappa shape index (κ2) is 4.83. The Morgan fingerprint density at radius 2 is 2.00 bits per heavy atom. The standard InChI is InChI=1S/C17H16N2OS/c18-16-15-13(19-12-6-7-21-17(12)16)8-11(9-14(15)20)10-4-2-1-3-5-10/h1-7,11,14,20H,8-9H2,(H2,18,19)/t11-,14-/m0/s1. The Kier molecular flexibility index (Phi) is 2.94. The van der Waals surface area contributed by atoms with Crippen molar-refractivity contribution in [1.82, 2.24) is 4.98 Å². The van der Waals surface area contributed by atoms with E-state index < -0.39 is 6.10 Å². The van der Waals surface area contributed by atoms with E-state index in [1.54, 1.807) is 11.3 Å². The lowest BCUT2D eigenvalue weighted by Gasteiger charge is -2.29. The summed E-state index contributed by atoms with van der Waals surface area (Å²) >= 11 is 1.59. The summed E-state index contributed by atoms with van der Waals surface area (Å²) in [6.45, 7) is 0. The molecule has 1 aliphatic rings. The zero-order valence-electron chi connectivity index (χ0n) is 11.5. The normalized spacial score (nSPS) is 21.4. The number of hydrogen-bond acceptors (Lipinski definition) is 4. The first-order valence-electron chi connectivity index (χ1n) is 7.12. The molecular formula is C17H16N2OS. The minimum Gasteiger partial charge on any atom is -0.397 e. The van der Waals surface area contributed by atoms with Gasteiger partial charge in [-0.25, -0.2) is 0 Å². The summed E-state index contributed by atoms with van der Waals surface area (Å²) in [7, 11) is 0. The van der Waals surface area contributed by atoms with Crippen molar-refractivity contribution in [2.24, 2.45) is 0 Å². The number of nitrogens with two attached hydrogens (primary N) is 1. The van der Waals surface area contributed by atoms with Crippen LogP contribution in [0.4, 0.5) is 5.69 Å². The molecule has 0 radical (unpaired) electrons. The molecule has 2 atom stereocenters. The van der Waals surface area contributed by atoms with Crippen LogP contribution in [0.1, 0.15) is 35.3 Å². The topological polar surface area (TPSA) is 59.1 Å². The van der Waals surface area contributed by atoms with Crippen molar-refractivity contribution >= 4 is 27.2 Å². The Morgan fingerprint density at radius 1 is 1.19 bits per heavy atom. The van der Waals surface area contributed by atoms with Crippen molar-refractivity contribution in [3.05, 3.63) is 58.6 Å². The van der Waals surface area contributed by atoms with Gasteiger partial charge >= 0.3 is 0 Å². The molecule has 0 unspecified atom stereocenters.